The average Bonchev–Trinajstić information content (AvgIpc) is 2.58. The summed E-state index contributed by atoms with van der Waals surface area (Å²) in [6, 6.07) is 3.17. The number of piperidine rings is 2. The highest BCUT2D eigenvalue weighted by Gasteiger charge is 2.40. The molecule has 1 aromatic rings. The van der Waals surface area contributed by atoms with Gasteiger partial charge >= 0.3 is 0 Å². The minimum Gasteiger partial charge on any atom is -0.355 e. The number of pyridine rings is 1. The summed E-state index contributed by atoms with van der Waals surface area (Å²) in [5.41, 5.74) is 0.407. The molecule has 0 aliphatic carbocycles. The third-order valence-corrected chi connectivity index (χ3v) is 5.05. The fourth-order valence-electron chi connectivity index (χ4n) is 3.43. The summed E-state index contributed by atoms with van der Waals surface area (Å²) in [5, 5.41) is 2.80. The van der Waals surface area contributed by atoms with Gasteiger partial charge in [0.2, 0.25) is 11.8 Å². The normalized spacial score (nSPS) is 26.0. The Bertz CT molecular complexity index is 584. The number of carbonyl (C=O) groups excluding carboxylic acids is 2. The molecule has 1 atom stereocenters. The van der Waals surface area contributed by atoms with E-state index in [2.05, 4.69) is 10.3 Å². The fraction of sp³-hybridized carbons (Fsp3) is 0.588. The van der Waals surface area contributed by atoms with Crippen LogP contribution in [0.4, 0.5) is 4.39 Å². The maximum atomic E-state index is 13.0. The van der Waals surface area contributed by atoms with E-state index in [0.29, 0.717) is 32.5 Å². The predicted octanol–water partition coefficient (Wildman–Crippen LogP) is 1.84. The fourth-order valence-corrected chi connectivity index (χ4v) is 3.43. The molecule has 2 fully saturated rings. The zero-order valence-electron chi connectivity index (χ0n) is 13.3. The van der Waals surface area contributed by atoms with E-state index in [4.69, 9.17) is 0 Å². The van der Waals surface area contributed by atoms with E-state index in [1.807, 2.05) is 11.8 Å². The van der Waals surface area contributed by atoms with Crippen LogP contribution in [0.25, 0.3) is 0 Å². The van der Waals surface area contributed by atoms with E-state index in [0.717, 1.165) is 18.5 Å². The summed E-state index contributed by atoms with van der Waals surface area (Å²) in [5.74, 6) is 0.103. The van der Waals surface area contributed by atoms with Gasteiger partial charge in [-0.05, 0) is 38.3 Å². The zero-order chi connectivity index (χ0) is 16.4. The quantitative estimate of drug-likeness (QED) is 0.905. The lowest BCUT2D eigenvalue weighted by atomic mass is 9.80. The first-order valence-corrected chi connectivity index (χ1v) is 8.15. The smallest absolute Gasteiger partial charge is 0.230 e. The van der Waals surface area contributed by atoms with Gasteiger partial charge in [-0.25, -0.2) is 4.39 Å². The molecule has 5 nitrogen and oxygen atoms in total. The Kier molecular flexibility index (Phi) is 4.33. The first-order chi connectivity index (χ1) is 11.0. The molecular weight excluding hydrogens is 297 g/mol. The molecule has 3 heterocycles. The molecule has 2 saturated heterocycles. The van der Waals surface area contributed by atoms with Crippen LogP contribution >= 0.6 is 0 Å². The molecule has 0 saturated carbocycles. The highest BCUT2D eigenvalue weighted by atomic mass is 19.1. The molecule has 2 aliphatic rings. The van der Waals surface area contributed by atoms with Crippen molar-refractivity contribution in [1.29, 1.82) is 0 Å². The second kappa shape index (κ2) is 6.26. The maximum absolute atomic E-state index is 13.0. The molecule has 3 rings (SSSR count). The average molecular weight is 319 g/mol. The summed E-state index contributed by atoms with van der Waals surface area (Å²) in [6.07, 6.45) is 3.95. The number of halogens is 1. The van der Waals surface area contributed by atoms with Crippen molar-refractivity contribution in [2.75, 3.05) is 19.6 Å². The Labute approximate surface area is 135 Å². The molecule has 2 amide bonds. The first kappa shape index (κ1) is 15.9. The van der Waals surface area contributed by atoms with Crippen molar-refractivity contribution < 1.29 is 14.0 Å². The summed E-state index contributed by atoms with van der Waals surface area (Å²) >= 11 is 0. The zero-order valence-corrected chi connectivity index (χ0v) is 13.3. The van der Waals surface area contributed by atoms with Gasteiger partial charge in [-0.15, -0.1) is 0 Å². The lowest BCUT2D eigenvalue weighted by Crippen LogP contribution is -2.53. The Hall–Kier alpha value is -1.98. The standard InChI is InChI=1S/C17H22FN3O2/c1-17(7-4-15(22)20-11-17)16(23)21-8-5-12(6-9-21)14-3-2-13(18)10-19-14/h2-3,10,12H,4-9,11H2,1H3,(H,20,22). The number of likely N-dealkylation sites (tertiary alicyclic amines) is 1. The van der Waals surface area contributed by atoms with Gasteiger partial charge in [0, 0.05) is 37.7 Å². The molecule has 1 N–H and O–H groups in total. The van der Waals surface area contributed by atoms with E-state index in [1.165, 1.54) is 12.3 Å². The van der Waals surface area contributed by atoms with E-state index < -0.39 is 5.41 Å². The van der Waals surface area contributed by atoms with Gasteiger partial charge in [0.05, 0.1) is 11.6 Å². The Morgan fingerprint density at radius 3 is 2.70 bits per heavy atom. The van der Waals surface area contributed by atoms with Gasteiger partial charge in [-0.1, -0.05) is 0 Å². The second-order valence-electron chi connectivity index (χ2n) is 6.81. The van der Waals surface area contributed by atoms with Crippen molar-refractivity contribution in [2.24, 2.45) is 5.41 Å². The van der Waals surface area contributed by atoms with Gasteiger partial charge in [0.1, 0.15) is 5.82 Å². The topological polar surface area (TPSA) is 62.3 Å². The molecule has 6 heteroatoms. The molecule has 23 heavy (non-hydrogen) atoms. The van der Waals surface area contributed by atoms with Crippen molar-refractivity contribution in [2.45, 2.75) is 38.5 Å². The lowest BCUT2D eigenvalue weighted by Gasteiger charge is -2.40. The van der Waals surface area contributed by atoms with Crippen molar-refractivity contribution >= 4 is 11.8 Å². The van der Waals surface area contributed by atoms with Gasteiger partial charge in [0.25, 0.3) is 0 Å². The second-order valence-corrected chi connectivity index (χ2v) is 6.81. The van der Waals surface area contributed by atoms with E-state index in [9.17, 15) is 14.0 Å². The number of nitrogens with one attached hydrogen (secondary N) is 1. The highest BCUT2D eigenvalue weighted by molar-refractivity contribution is 5.86. The molecular formula is C17H22FN3O2. The SMILES string of the molecule is CC1(C(=O)N2CCC(c3ccc(F)cn3)CC2)CCC(=O)NC1. The van der Waals surface area contributed by atoms with Gasteiger partial charge < -0.3 is 10.2 Å². The van der Waals surface area contributed by atoms with Crippen LogP contribution in [0.15, 0.2) is 18.3 Å². The van der Waals surface area contributed by atoms with E-state index >= 15 is 0 Å². The molecule has 1 unspecified atom stereocenters. The van der Waals surface area contributed by atoms with Crippen LogP contribution in [0.5, 0.6) is 0 Å². The Morgan fingerprint density at radius 2 is 2.13 bits per heavy atom. The molecule has 0 spiro atoms. The molecule has 0 radical (unpaired) electrons. The highest BCUT2D eigenvalue weighted by Crippen LogP contribution is 2.32. The van der Waals surface area contributed by atoms with Gasteiger partial charge in [-0.3, -0.25) is 14.6 Å². The van der Waals surface area contributed by atoms with Crippen LogP contribution in [-0.4, -0.2) is 41.3 Å². The monoisotopic (exact) mass is 319 g/mol. The summed E-state index contributed by atoms with van der Waals surface area (Å²) in [6.45, 7) is 3.73. The number of carbonyl (C=O) groups is 2. The Balaban J connectivity index is 1.59. The summed E-state index contributed by atoms with van der Waals surface area (Å²) in [4.78, 5) is 30.1. The van der Waals surface area contributed by atoms with E-state index in [1.54, 1.807) is 6.07 Å². The van der Waals surface area contributed by atoms with Crippen LogP contribution < -0.4 is 5.32 Å². The van der Waals surface area contributed by atoms with Crippen LogP contribution in [0.1, 0.15) is 44.2 Å². The number of amides is 2. The van der Waals surface area contributed by atoms with Gasteiger partial charge in [-0.2, -0.15) is 0 Å². The van der Waals surface area contributed by atoms with Crippen LogP contribution in [0.3, 0.4) is 0 Å². The van der Waals surface area contributed by atoms with Crippen molar-refractivity contribution in [3.8, 4) is 0 Å². The van der Waals surface area contributed by atoms with Crippen LogP contribution in [-0.2, 0) is 9.59 Å². The molecule has 0 aromatic carbocycles. The number of nitrogens with zero attached hydrogens (tertiary/aromatic N) is 2. The van der Waals surface area contributed by atoms with Crippen LogP contribution in [0, 0.1) is 11.2 Å². The maximum Gasteiger partial charge on any atom is 0.230 e. The third-order valence-electron chi connectivity index (χ3n) is 5.05. The summed E-state index contributed by atoms with van der Waals surface area (Å²) in [7, 11) is 0. The Morgan fingerprint density at radius 1 is 1.39 bits per heavy atom. The first-order valence-electron chi connectivity index (χ1n) is 8.15. The predicted molar refractivity (Wildman–Crippen MR) is 83.1 cm³/mol. The molecule has 0 bridgehead atoms. The lowest BCUT2D eigenvalue weighted by molar-refractivity contribution is -0.145. The van der Waals surface area contributed by atoms with Crippen LogP contribution in [0.2, 0.25) is 0 Å². The van der Waals surface area contributed by atoms with Crippen molar-refractivity contribution in [3.63, 3.8) is 0 Å². The number of hydrogen-bond donors (Lipinski definition) is 1. The van der Waals surface area contributed by atoms with Gasteiger partial charge in [0.15, 0.2) is 0 Å². The molecule has 2 aliphatic heterocycles. The van der Waals surface area contributed by atoms with E-state index in [-0.39, 0.29) is 23.5 Å². The number of aromatic nitrogens is 1. The largest absolute Gasteiger partial charge is 0.355 e. The molecule has 1 aromatic heterocycles. The van der Waals surface area contributed by atoms with Crippen molar-refractivity contribution in [3.05, 3.63) is 29.8 Å². The third kappa shape index (κ3) is 3.35. The van der Waals surface area contributed by atoms with Crippen molar-refractivity contribution in [1.82, 2.24) is 15.2 Å². The minimum atomic E-state index is -0.491. The minimum absolute atomic E-state index is 0.0244. The summed E-state index contributed by atoms with van der Waals surface area (Å²) < 4.78 is 13.0. The molecule has 124 valence electrons. The number of rotatable bonds is 2. The number of hydrogen-bond acceptors (Lipinski definition) is 3.